The first-order valence-electron chi connectivity index (χ1n) is 12.0. The van der Waals surface area contributed by atoms with Crippen molar-refractivity contribution in [3.05, 3.63) is 76.3 Å². The van der Waals surface area contributed by atoms with Crippen LogP contribution in [-0.4, -0.2) is 44.6 Å². The Labute approximate surface area is 209 Å². The van der Waals surface area contributed by atoms with Crippen LogP contribution in [0.1, 0.15) is 43.0 Å². The molecule has 5 nitrogen and oxygen atoms in total. The van der Waals surface area contributed by atoms with Gasteiger partial charge in [0.1, 0.15) is 10.7 Å². The van der Waals surface area contributed by atoms with Crippen molar-refractivity contribution in [1.29, 1.82) is 0 Å². The minimum Gasteiger partial charge on any atom is -0.329 e. The third kappa shape index (κ3) is 4.30. The van der Waals surface area contributed by atoms with E-state index < -0.39 is 0 Å². The molecular formula is C27H28ClN5S. The molecule has 1 fully saturated rings. The summed E-state index contributed by atoms with van der Waals surface area (Å²) in [4.78, 5) is 16.4. The van der Waals surface area contributed by atoms with E-state index in [1.165, 1.54) is 24.9 Å². The number of hydrogen-bond donors (Lipinski definition) is 0. The molecule has 34 heavy (non-hydrogen) atoms. The van der Waals surface area contributed by atoms with Gasteiger partial charge in [0.05, 0.1) is 5.69 Å². The van der Waals surface area contributed by atoms with Gasteiger partial charge in [-0.2, -0.15) is 4.98 Å². The number of halogens is 1. The molecule has 0 N–H and O–H groups in total. The molecule has 1 aromatic carbocycles. The van der Waals surface area contributed by atoms with Crippen molar-refractivity contribution in [2.45, 2.75) is 38.1 Å². The number of thiazole rings is 1. The van der Waals surface area contributed by atoms with E-state index in [-0.39, 0.29) is 0 Å². The van der Waals surface area contributed by atoms with Crippen LogP contribution in [0.5, 0.6) is 0 Å². The molecule has 4 heterocycles. The molecule has 0 bridgehead atoms. The van der Waals surface area contributed by atoms with Crippen LogP contribution in [0.4, 0.5) is 0 Å². The number of hydrogen-bond acceptors (Lipinski definition) is 5. The first-order chi connectivity index (χ1) is 16.6. The highest BCUT2D eigenvalue weighted by Crippen LogP contribution is 2.43. The first-order valence-corrected chi connectivity index (χ1v) is 13.3. The van der Waals surface area contributed by atoms with E-state index in [9.17, 15) is 0 Å². The summed E-state index contributed by atoms with van der Waals surface area (Å²) in [6.07, 6.45) is 12.1. The molecule has 0 radical (unpaired) electrons. The van der Waals surface area contributed by atoms with Gasteiger partial charge in [-0.1, -0.05) is 42.0 Å². The highest BCUT2D eigenvalue weighted by Gasteiger charge is 2.31. The van der Waals surface area contributed by atoms with Crippen molar-refractivity contribution in [3.8, 4) is 10.6 Å². The zero-order chi connectivity index (χ0) is 23.1. The summed E-state index contributed by atoms with van der Waals surface area (Å²) in [6.45, 7) is 2.27. The zero-order valence-electron chi connectivity index (χ0n) is 19.3. The van der Waals surface area contributed by atoms with Crippen molar-refractivity contribution in [2.75, 3.05) is 20.1 Å². The molecule has 2 unspecified atom stereocenters. The van der Waals surface area contributed by atoms with Crippen LogP contribution in [0.15, 0.2) is 59.8 Å². The maximum absolute atomic E-state index is 6.25. The minimum absolute atomic E-state index is 0.300. The normalized spacial score (nSPS) is 21.3. The SMILES string of the molecule is CN1CCC=C(C2CCC(n3cc(-c4nc(Cc5ccccc5)cs4)c4cnc(Cl)nc43)C2)C1. The average Bonchev–Trinajstić information content (AvgIpc) is 3.58. The van der Waals surface area contributed by atoms with E-state index in [4.69, 9.17) is 16.6 Å². The summed E-state index contributed by atoms with van der Waals surface area (Å²) in [5.41, 5.74) is 6.02. The molecule has 1 saturated carbocycles. The Morgan fingerprint density at radius 1 is 1.15 bits per heavy atom. The molecule has 3 aromatic heterocycles. The van der Waals surface area contributed by atoms with Crippen molar-refractivity contribution < 1.29 is 0 Å². The quantitative estimate of drug-likeness (QED) is 0.240. The Balaban J connectivity index is 1.31. The minimum atomic E-state index is 0.300. The lowest BCUT2D eigenvalue weighted by Crippen LogP contribution is -2.28. The highest BCUT2D eigenvalue weighted by molar-refractivity contribution is 7.13. The van der Waals surface area contributed by atoms with Crippen LogP contribution in [0.25, 0.3) is 21.6 Å². The molecule has 1 aliphatic heterocycles. The predicted octanol–water partition coefficient (Wildman–Crippen LogP) is 6.40. The average molecular weight is 490 g/mol. The van der Waals surface area contributed by atoms with Gasteiger partial charge in [0.2, 0.25) is 5.28 Å². The second-order valence-corrected chi connectivity index (χ2v) is 10.8. The maximum atomic E-state index is 6.25. The number of rotatable bonds is 5. The Morgan fingerprint density at radius 3 is 2.88 bits per heavy atom. The Hall–Kier alpha value is -2.54. The van der Waals surface area contributed by atoms with Crippen LogP contribution in [0.2, 0.25) is 5.28 Å². The molecule has 6 rings (SSSR count). The van der Waals surface area contributed by atoms with E-state index in [2.05, 4.69) is 68.4 Å². The molecule has 0 saturated heterocycles. The van der Waals surface area contributed by atoms with Crippen LogP contribution in [-0.2, 0) is 6.42 Å². The largest absolute Gasteiger partial charge is 0.329 e. The van der Waals surface area contributed by atoms with Gasteiger partial charge in [0, 0.05) is 54.3 Å². The maximum Gasteiger partial charge on any atom is 0.224 e. The van der Waals surface area contributed by atoms with Crippen LogP contribution < -0.4 is 0 Å². The first kappa shape index (κ1) is 22.0. The van der Waals surface area contributed by atoms with Gasteiger partial charge in [0.15, 0.2) is 0 Å². The van der Waals surface area contributed by atoms with Crippen LogP contribution in [0.3, 0.4) is 0 Å². The predicted molar refractivity (Wildman–Crippen MR) is 139 cm³/mol. The van der Waals surface area contributed by atoms with E-state index in [1.54, 1.807) is 16.9 Å². The number of benzene rings is 1. The van der Waals surface area contributed by atoms with E-state index >= 15 is 0 Å². The van der Waals surface area contributed by atoms with Crippen LogP contribution in [0, 0.1) is 5.92 Å². The molecule has 4 aromatic rings. The van der Waals surface area contributed by atoms with Gasteiger partial charge < -0.3 is 9.47 Å². The lowest BCUT2D eigenvalue weighted by atomic mass is 9.94. The fourth-order valence-electron chi connectivity index (χ4n) is 5.54. The van der Waals surface area contributed by atoms with E-state index in [1.807, 2.05) is 12.3 Å². The fourth-order valence-corrected chi connectivity index (χ4v) is 6.51. The molecule has 2 atom stereocenters. The van der Waals surface area contributed by atoms with Gasteiger partial charge in [0.25, 0.3) is 0 Å². The second kappa shape index (κ2) is 9.25. The standard InChI is InChI=1S/C27H28ClN5S/c1-32-11-5-8-20(15-32)19-9-10-22(13-19)33-16-24(23-14-29-27(28)31-25(23)33)26-30-21(17-34-26)12-18-6-3-2-4-7-18/h2-4,6-8,14,16-17,19,22H,5,9-13,15H2,1H3. The zero-order valence-corrected chi connectivity index (χ0v) is 20.9. The number of fused-ring (bicyclic) bond motifs is 1. The van der Waals surface area contributed by atoms with Gasteiger partial charge in [-0.15, -0.1) is 11.3 Å². The van der Waals surface area contributed by atoms with E-state index in [0.29, 0.717) is 17.2 Å². The Morgan fingerprint density at radius 2 is 2.03 bits per heavy atom. The van der Waals surface area contributed by atoms with Gasteiger partial charge in [-0.05, 0) is 55.8 Å². The lowest BCUT2D eigenvalue weighted by molar-refractivity contribution is 0.335. The van der Waals surface area contributed by atoms with Crippen molar-refractivity contribution in [1.82, 2.24) is 24.4 Å². The van der Waals surface area contributed by atoms with Crippen molar-refractivity contribution in [2.24, 2.45) is 5.92 Å². The molecule has 2 aliphatic rings. The highest BCUT2D eigenvalue weighted by atomic mass is 35.5. The molecule has 174 valence electrons. The third-order valence-corrected chi connectivity index (χ3v) is 8.35. The molecule has 1 aliphatic carbocycles. The summed E-state index contributed by atoms with van der Waals surface area (Å²) in [7, 11) is 2.23. The number of nitrogens with zero attached hydrogens (tertiary/aromatic N) is 5. The third-order valence-electron chi connectivity index (χ3n) is 7.24. The number of likely N-dealkylation sites (N-methyl/N-ethyl adjacent to an activating group) is 1. The summed E-state index contributed by atoms with van der Waals surface area (Å²) < 4.78 is 2.35. The summed E-state index contributed by atoms with van der Waals surface area (Å²) in [5, 5.41) is 4.52. The molecule has 7 heteroatoms. The molecule has 0 amide bonds. The fraction of sp³-hybridized carbons (Fsp3) is 0.370. The van der Waals surface area contributed by atoms with Crippen LogP contribution >= 0.6 is 22.9 Å². The van der Waals surface area contributed by atoms with E-state index in [0.717, 1.165) is 53.1 Å². The molecule has 0 spiro atoms. The van der Waals surface area contributed by atoms with Gasteiger partial charge in [-0.25, -0.2) is 9.97 Å². The summed E-state index contributed by atoms with van der Waals surface area (Å²) in [5.74, 6) is 0.656. The Kier molecular flexibility index (Phi) is 5.97. The van der Waals surface area contributed by atoms with Gasteiger partial charge in [-0.3, -0.25) is 0 Å². The van der Waals surface area contributed by atoms with Gasteiger partial charge >= 0.3 is 0 Å². The second-order valence-electron chi connectivity index (χ2n) is 9.60. The number of aromatic nitrogens is 4. The lowest BCUT2D eigenvalue weighted by Gasteiger charge is -2.26. The summed E-state index contributed by atoms with van der Waals surface area (Å²) in [6, 6.07) is 10.9. The van der Waals surface area contributed by atoms with Crippen molar-refractivity contribution >= 4 is 34.0 Å². The molecular weight excluding hydrogens is 462 g/mol. The Bertz CT molecular complexity index is 1340. The smallest absolute Gasteiger partial charge is 0.224 e. The van der Waals surface area contributed by atoms with Crippen molar-refractivity contribution in [3.63, 3.8) is 0 Å². The monoisotopic (exact) mass is 489 g/mol. The summed E-state index contributed by atoms with van der Waals surface area (Å²) >= 11 is 7.94. The topological polar surface area (TPSA) is 46.8 Å².